The molecular formula is C15H20N4O. The summed E-state index contributed by atoms with van der Waals surface area (Å²) in [4.78, 5) is 16.2. The summed E-state index contributed by atoms with van der Waals surface area (Å²) in [7, 11) is 0. The molecule has 1 aromatic heterocycles. The molecule has 3 rings (SSSR count). The van der Waals surface area contributed by atoms with Gasteiger partial charge in [-0.3, -0.25) is 4.79 Å². The average Bonchev–Trinajstić information content (AvgIpc) is 3.21. The second kappa shape index (κ2) is 5.63. The Morgan fingerprint density at radius 1 is 1.40 bits per heavy atom. The molecular weight excluding hydrogens is 252 g/mol. The quantitative estimate of drug-likeness (QED) is 0.831. The number of fused-ring (bicyclic) bond motifs is 1. The monoisotopic (exact) mass is 272 g/mol. The highest BCUT2D eigenvalue weighted by atomic mass is 16.1. The highest BCUT2D eigenvalue weighted by molar-refractivity contribution is 5.78. The number of hydrogen-bond acceptors (Lipinski definition) is 3. The molecule has 1 saturated carbocycles. The third kappa shape index (κ3) is 2.99. The van der Waals surface area contributed by atoms with Crippen LogP contribution in [0.2, 0.25) is 0 Å². The number of amides is 1. The summed E-state index contributed by atoms with van der Waals surface area (Å²) in [5.74, 6) is 1.05. The number of aryl methyl sites for hydroxylation is 1. The zero-order valence-electron chi connectivity index (χ0n) is 11.7. The van der Waals surface area contributed by atoms with Gasteiger partial charge in [0.1, 0.15) is 5.82 Å². The lowest BCUT2D eigenvalue weighted by Gasteiger charge is -2.09. The highest BCUT2D eigenvalue weighted by Crippen LogP contribution is 2.18. The smallest absolute Gasteiger partial charge is 0.234 e. The number of nitrogens with zero attached hydrogens (tertiary/aromatic N) is 2. The zero-order chi connectivity index (χ0) is 13.9. The van der Waals surface area contributed by atoms with E-state index in [4.69, 9.17) is 0 Å². The third-order valence-electron chi connectivity index (χ3n) is 3.63. The van der Waals surface area contributed by atoms with Gasteiger partial charge in [0.15, 0.2) is 0 Å². The van der Waals surface area contributed by atoms with E-state index in [9.17, 15) is 4.79 Å². The van der Waals surface area contributed by atoms with Crippen molar-refractivity contribution in [3.8, 4) is 0 Å². The summed E-state index contributed by atoms with van der Waals surface area (Å²) in [5.41, 5.74) is 2.13. The maximum atomic E-state index is 11.7. The Hall–Kier alpha value is -1.88. The summed E-state index contributed by atoms with van der Waals surface area (Å²) in [5, 5.41) is 6.16. The molecule has 0 saturated heterocycles. The average molecular weight is 272 g/mol. The maximum Gasteiger partial charge on any atom is 0.234 e. The minimum Gasteiger partial charge on any atom is -0.353 e. The van der Waals surface area contributed by atoms with Gasteiger partial charge in [-0.2, -0.15) is 0 Å². The van der Waals surface area contributed by atoms with Crippen molar-refractivity contribution < 1.29 is 4.79 Å². The van der Waals surface area contributed by atoms with Crippen LogP contribution in [0.25, 0.3) is 11.0 Å². The molecule has 0 spiro atoms. The zero-order valence-corrected chi connectivity index (χ0v) is 11.7. The molecule has 0 atom stereocenters. The lowest BCUT2D eigenvalue weighted by molar-refractivity contribution is -0.120. The molecule has 1 fully saturated rings. The second-order valence-electron chi connectivity index (χ2n) is 5.30. The molecule has 2 aromatic rings. The number of rotatable bonds is 6. The number of aromatic nitrogens is 2. The number of imidazole rings is 1. The van der Waals surface area contributed by atoms with E-state index in [1.165, 1.54) is 12.8 Å². The molecule has 1 aromatic carbocycles. The van der Waals surface area contributed by atoms with Crippen LogP contribution in [0.5, 0.6) is 0 Å². The first kappa shape index (κ1) is 13.1. The SMILES string of the molecule is Cc1nc2ccccc2n1CCNC(=O)CNC1CC1. The summed E-state index contributed by atoms with van der Waals surface area (Å²) >= 11 is 0. The fraction of sp³-hybridized carbons (Fsp3) is 0.467. The van der Waals surface area contributed by atoms with E-state index >= 15 is 0 Å². The van der Waals surface area contributed by atoms with E-state index in [1.807, 2.05) is 25.1 Å². The lowest BCUT2D eigenvalue weighted by atomic mass is 10.3. The first-order valence-corrected chi connectivity index (χ1v) is 7.16. The highest BCUT2D eigenvalue weighted by Gasteiger charge is 2.20. The van der Waals surface area contributed by atoms with Gasteiger partial charge in [-0.15, -0.1) is 0 Å². The molecule has 0 aliphatic heterocycles. The molecule has 2 N–H and O–H groups in total. The number of carbonyl (C=O) groups is 1. The number of para-hydroxylation sites is 2. The number of carbonyl (C=O) groups excluding carboxylic acids is 1. The van der Waals surface area contributed by atoms with Gasteiger partial charge in [0.05, 0.1) is 17.6 Å². The van der Waals surface area contributed by atoms with Crippen molar-refractivity contribution in [3.05, 3.63) is 30.1 Å². The summed E-state index contributed by atoms with van der Waals surface area (Å²) in [6.07, 6.45) is 2.40. The molecule has 1 aliphatic rings. The molecule has 1 heterocycles. The van der Waals surface area contributed by atoms with E-state index in [2.05, 4.69) is 26.3 Å². The molecule has 0 radical (unpaired) electrons. The summed E-state index contributed by atoms with van der Waals surface area (Å²) in [6, 6.07) is 8.64. The van der Waals surface area contributed by atoms with Crippen molar-refractivity contribution in [2.24, 2.45) is 0 Å². The van der Waals surface area contributed by atoms with Crippen molar-refractivity contribution in [2.75, 3.05) is 13.1 Å². The van der Waals surface area contributed by atoms with E-state index in [-0.39, 0.29) is 5.91 Å². The van der Waals surface area contributed by atoms with Crippen LogP contribution in [-0.2, 0) is 11.3 Å². The number of hydrogen-bond donors (Lipinski definition) is 2. The molecule has 0 unspecified atom stereocenters. The van der Waals surface area contributed by atoms with Gasteiger partial charge in [0.25, 0.3) is 0 Å². The Morgan fingerprint density at radius 2 is 2.20 bits per heavy atom. The summed E-state index contributed by atoms with van der Waals surface area (Å²) < 4.78 is 2.14. The Morgan fingerprint density at radius 3 is 3.00 bits per heavy atom. The Labute approximate surface area is 118 Å². The van der Waals surface area contributed by atoms with E-state index < -0.39 is 0 Å². The normalized spacial score (nSPS) is 14.7. The van der Waals surface area contributed by atoms with Crippen LogP contribution >= 0.6 is 0 Å². The molecule has 20 heavy (non-hydrogen) atoms. The van der Waals surface area contributed by atoms with Gasteiger partial charge in [0, 0.05) is 19.1 Å². The van der Waals surface area contributed by atoms with Gasteiger partial charge in [0.2, 0.25) is 5.91 Å². The van der Waals surface area contributed by atoms with Crippen LogP contribution in [0.15, 0.2) is 24.3 Å². The molecule has 0 bridgehead atoms. The fourth-order valence-electron chi connectivity index (χ4n) is 2.37. The van der Waals surface area contributed by atoms with Gasteiger partial charge >= 0.3 is 0 Å². The maximum absolute atomic E-state index is 11.7. The van der Waals surface area contributed by atoms with Gasteiger partial charge in [-0.05, 0) is 31.9 Å². The standard InChI is InChI=1S/C15H20N4O/c1-11-18-13-4-2-3-5-14(13)19(11)9-8-16-15(20)10-17-12-6-7-12/h2-5,12,17H,6-10H2,1H3,(H,16,20). The van der Waals surface area contributed by atoms with Crippen molar-refractivity contribution in [3.63, 3.8) is 0 Å². The van der Waals surface area contributed by atoms with Crippen LogP contribution in [-0.4, -0.2) is 34.6 Å². The Kier molecular flexibility index (Phi) is 3.69. The van der Waals surface area contributed by atoms with Gasteiger partial charge < -0.3 is 15.2 Å². The van der Waals surface area contributed by atoms with Crippen LogP contribution in [0.3, 0.4) is 0 Å². The van der Waals surface area contributed by atoms with Crippen LogP contribution < -0.4 is 10.6 Å². The lowest BCUT2D eigenvalue weighted by Crippen LogP contribution is -2.36. The largest absolute Gasteiger partial charge is 0.353 e. The van der Waals surface area contributed by atoms with E-state index in [0.717, 1.165) is 23.4 Å². The number of benzene rings is 1. The first-order chi connectivity index (χ1) is 9.74. The molecule has 5 heteroatoms. The van der Waals surface area contributed by atoms with Gasteiger partial charge in [-0.25, -0.2) is 4.98 Å². The van der Waals surface area contributed by atoms with Crippen molar-refractivity contribution in [2.45, 2.75) is 32.4 Å². The predicted octanol–water partition coefficient (Wildman–Crippen LogP) is 1.21. The van der Waals surface area contributed by atoms with Crippen molar-refractivity contribution in [1.29, 1.82) is 0 Å². The molecule has 5 nitrogen and oxygen atoms in total. The van der Waals surface area contributed by atoms with Crippen LogP contribution in [0, 0.1) is 6.92 Å². The van der Waals surface area contributed by atoms with Crippen LogP contribution in [0.1, 0.15) is 18.7 Å². The van der Waals surface area contributed by atoms with Crippen molar-refractivity contribution >= 4 is 16.9 Å². The van der Waals surface area contributed by atoms with Crippen LogP contribution in [0.4, 0.5) is 0 Å². The number of nitrogens with one attached hydrogen (secondary N) is 2. The van der Waals surface area contributed by atoms with Crippen molar-refractivity contribution in [1.82, 2.24) is 20.2 Å². The predicted molar refractivity (Wildman–Crippen MR) is 78.5 cm³/mol. The van der Waals surface area contributed by atoms with E-state index in [1.54, 1.807) is 0 Å². The molecule has 1 aliphatic carbocycles. The minimum atomic E-state index is 0.0685. The van der Waals surface area contributed by atoms with E-state index in [0.29, 0.717) is 19.1 Å². The topological polar surface area (TPSA) is 59.0 Å². The Bertz CT molecular complexity index is 615. The Balaban J connectivity index is 1.53. The molecule has 1 amide bonds. The second-order valence-corrected chi connectivity index (χ2v) is 5.30. The first-order valence-electron chi connectivity index (χ1n) is 7.16. The minimum absolute atomic E-state index is 0.0685. The van der Waals surface area contributed by atoms with Gasteiger partial charge in [-0.1, -0.05) is 12.1 Å². The fourth-order valence-corrected chi connectivity index (χ4v) is 2.37. The molecule has 106 valence electrons. The summed E-state index contributed by atoms with van der Waals surface area (Å²) in [6.45, 7) is 3.80. The third-order valence-corrected chi connectivity index (χ3v) is 3.63.